The molecule has 0 saturated carbocycles. The minimum atomic E-state index is -0.215. The molecular weight excluding hydrogens is 284 g/mol. The topological polar surface area (TPSA) is 51.2 Å². The number of benzene rings is 1. The largest absolute Gasteiger partial charge is 0.493 e. The fraction of sp³-hybridized carbons (Fsp3) is 0.562. The van der Waals surface area contributed by atoms with Crippen molar-refractivity contribution in [2.24, 2.45) is 0 Å². The number of methoxy groups -OCH3 is 1. The Kier molecular flexibility index (Phi) is 6.33. The zero-order chi connectivity index (χ0) is 15.8. The van der Waals surface area contributed by atoms with Crippen LogP contribution in [0.5, 0.6) is 11.5 Å². The molecule has 1 aliphatic rings. The molecule has 0 aliphatic carbocycles. The van der Waals surface area contributed by atoms with E-state index in [0.29, 0.717) is 26.3 Å². The molecule has 1 fully saturated rings. The van der Waals surface area contributed by atoms with E-state index < -0.39 is 0 Å². The van der Waals surface area contributed by atoms with E-state index in [1.165, 1.54) is 0 Å². The Morgan fingerprint density at radius 2 is 1.82 bits per heavy atom. The summed E-state index contributed by atoms with van der Waals surface area (Å²) in [5, 5.41) is 0. The summed E-state index contributed by atoms with van der Waals surface area (Å²) >= 11 is 0. The van der Waals surface area contributed by atoms with Crippen molar-refractivity contribution in [1.29, 1.82) is 0 Å². The van der Waals surface area contributed by atoms with E-state index in [4.69, 9.17) is 14.2 Å². The maximum absolute atomic E-state index is 11.6. The van der Waals surface area contributed by atoms with Crippen LogP contribution in [-0.2, 0) is 4.74 Å². The van der Waals surface area contributed by atoms with Crippen molar-refractivity contribution in [3.05, 3.63) is 24.3 Å². The number of carbonyl (C=O) groups excluding carboxylic acids is 1. The van der Waals surface area contributed by atoms with Crippen LogP contribution in [0.4, 0.5) is 4.79 Å². The highest BCUT2D eigenvalue weighted by Gasteiger charge is 2.21. The Labute approximate surface area is 131 Å². The summed E-state index contributed by atoms with van der Waals surface area (Å²) in [5.41, 5.74) is 0. The van der Waals surface area contributed by atoms with Crippen molar-refractivity contribution < 1.29 is 19.0 Å². The van der Waals surface area contributed by atoms with Gasteiger partial charge in [0.15, 0.2) is 11.5 Å². The Hall–Kier alpha value is -1.95. The molecule has 2 rings (SSSR count). The minimum Gasteiger partial charge on any atom is -0.493 e. The molecule has 1 saturated heterocycles. The van der Waals surface area contributed by atoms with Crippen molar-refractivity contribution in [3.63, 3.8) is 0 Å². The average Bonchev–Trinajstić information content (AvgIpc) is 2.56. The van der Waals surface area contributed by atoms with E-state index in [0.717, 1.165) is 31.1 Å². The van der Waals surface area contributed by atoms with Crippen LogP contribution >= 0.6 is 0 Å². The molecule has 0 atom stereocenters. The van der Waals surface area contributed by atoms with Crippen LogP contribution in [0.2, 0.25) is 0 Å². The highest BCUT2D eigenvalue weighted by atomic mass is 16.6. The molecule has 1 aliphatic heterocycles. The summed E-state index contributed by atoms with van der Waals surface area (Å²) in [7, 11) is 1.64. The van der Waals surface area contributed by atoms with Gasteiger partial charge in [-0.05, 0) is 19.1 Å². The summed E-state index contributed by atoms with van der Waals surface area (Å²) in [4.78, 5) is 15.7. The molecule has 1 aromatic rings. The SMILES string of the molecule is CCOC(=O)N1CCN(CCOc2ccccc2OC)CC1. The van der Waals surface area contributed by atoms with Gasteiger partial charge in [0.1, 0.15) is 6.61 Å². The van der Waals surface area contributed by atoms with Crippen molar-refractivity contribution in [2.75, 3.05) is 53.0 Å². The van der Waals surface area contributed by atoms with Gasteiger partial charge in [0, 0.05) is 32.7 Å². The second-order valence-corrected chi connectivity index (χ2v) is 5.03. The van der Waals surface area contributed by atoms with Crippen LogP contribution in [0.25, 0.3) is 0 Å². The molecule has 1 aromatic carbocycles. The summed E-state index contributed by atoms with van der Waals surface area (Å²) < 4.78 is 16.0. The van der Waals surface area contributed by atoms with Crippen molar-refractivity contribution in [2.45, 2.75) is 6.92 Å². The first-order chi connectivity index (χ1) is 10.7. The quantitative estimate of drug-likeness (QED) is 0.803. The number of ether oxygens (including phenoxy) is 3. The average molecular weight is 308 g/mol. The maximum Gasteiger partial charge on any atom is 0.409 e. The molecule has 6 nitrogen and oxygen atoms in total. The van der Waals surface area contributed by atoms with E-state index in [9.17, 15) is 4.79 Å². The predicted octanol–water partition coefficient (Wildman–Crippen LogP) is 1.85. The Morgan fingerprint density at radius 1 is 1.14 bits per heavy atom. The second kappa shape index (κ2) is 8.48. The smallest absolute Gasteiger partial charge is 0.409 e. The number of para-hydroxylation sites is 2. The van der Waals surface area contributed by atoms with Crippen molar-refractivity contribution in [1.82, 2.24) is 9.80 Å². The maximum atomic E-state index is 11.6. The molecule has 0 aromatic heterocycles. The number of hydrogen-bond acceptors (Lipinski definition) is 5. The Morgan fingerprint density at radius 3 is 2.45 bits per heavy atom. The molecule has 6 heteroatoms. The van der Waals surface area contributed by atoms with Crippen LogP contribution < -0.4 is 9.47 Å². The molecule has 0 spiro atoms. The van der Waals surface area contributed by atoms with Gasteiger partial charge in [-0.25, -0.2) is 4.79 Å². The molecule has 1 amide bonds. The molecule has 0 bridgehead atoms. The van der Waals surface area contributed by atoms with Crippen LogP contribution in [0.3, 0.4) is 0 Å². The van der Waals surface area contributed by atoms with E-state index in [2.05, 4.69) is 4.90 Å². The van der Waals surface area contributed by atoms with Gasteiger partial charge in [-0.2, -0.15) is 0 Å². The van der Waals surface area contributed by atoms with Gasteiger partial charge >= 0.3 is 6.09 Å². The molecule has 0 N–H and O–H groups in total. The lowest BCUT2D eigenvalue weighted by molar-refractivity contribution is 0.0756. The third-order valence-electron chi connectivity index (χ3n) is 3.63. The van der Waals surface area contributed by atoms with Gasteiger partial charge in [0.25, 0.3) is 0 Å². The molecule has 22 heavy (non-hydrogen) atoms. The number of rotatable bonds is 6. The van der Waals surface area contributed by atoms with Gasteiger partial charge in [0.05, 0.1) is 13.7 Å². The highest BCUT2D eigenvalue weighted by Crippen LogP contribution is 2.25. The lowest BCUT2D eigenvalue weighted by atomic mass is 10.3. The van der Waals surface area contributed by atoms with Gasteiger partial charge < -0.3 is 19.1 Å². The number of amides is 1. The van der Waals surface area contributed by atoms with Crippen LogP contribution in [0.1, 0.15) is 6.92 Å². The normalized spacial score (nSPS) is 15.5. The van der Waals surface area contributed by atoms with E-state index in [1.54, 1.807) is 12.0 Å². The first kappa shape index (κ1) is 16.4. The number of hydrogen-bond donors (Lipinski definition) is 0. The van der Waals surface area contributed by atoms with Crippen LogP contribution in [0, 0.1) is 0 Å². The zero-order valence-corrected chi connectivity index (χ0v) is 13.3. The Bertz CT molecular complexity index is 473. The second-order valence-electron chi connectivity index (χ2n) is 5.03. The van der Waals surface area contributed by atoms with Gasteiger partial charge in [-0.3, -0.25) is 4.90 Å². The molecule has 0 radical (unpaired) electrons. The minimum absolute atomic E-state index is 0.215. The fourth-order valence-electron chi connectivity index (χ4n) is 2.39. The first-order valence-electron chi connectivity index (χ1n) is 7.64. The monoisotopic (exact) mass is 308 g/mol. The molecule has 122 valence electrons. The van der Waals surface area contributed by atoms with Crippen LogP contribution in [-0.4, -0.2) is 68.9 Å². The number of nitrogens with zero attached hydrogens (tertiary/aromatic N) is 2. The lowest BCUT2D eigenvalue weighted by Crippen LogP contribution is -2.49. The number of carbonyl (C=O) groups is 1. The standard InChI is InChI=1S/C16H24N2O4/c1-3-21-16(19)18-10-8-17(9-11-18)12-13-22-15-7-5-4-6-14(15)20-2/h4-7H,3,8-13H2,1-2H3. The van der Waals surface area contributed by atoms with E-state index >= 15 is 0 Å². The summed E-state index contributed by atoms with van der Waals surface area (Å²) in [6.45, 7) is 6.76. The van der Waals surface area contributed by atoms with Crippen molar-refractivity contribution in [3.8, 4) is 11.5 Å². The molecule has 1 heterocycles. The Balaban J connectivity index is 1.70. The third-order valence-corrected chi connectivity index (χ3v) is 3.63. The first-order valence-corrected chi connectivity index (χ1v) is 7.64. The lowest BCUT2D eigenvalue weighted by Gasteiger charge is -2.33. The fourth-order valence-corrected chi connectivity index (χ4v) is 2.39. The zero-order valence-electron chi connectivity index (χ0n) is 13.3. The third kappa shape index (κ3) is 4.53. The van der Waals surface area contributed by atoms with Gasteiger partial charge in [-0.1, -0.05) is 12.1 Å². The summed E-state index contributed by atoms with van der Waals surface area (Å²) in [6.07, 6.45) is -0.215. The van der Waals surface area contributed by atoms with E-state index in [-0.39, 0.29) is 6.09 Å². The highest BCUT2D eigenvalue weighted by molar-refractivity contribution is 5.67. The summed E-state index contributed by atoms with van der Waals surface area (Å²) in [6, 6.07) is 7.63. The van der Waals surface area contributed by atoms with Crippen LogP contribution in [0.15, 0.2) is 24.3 Å². The predicted molar refractivity (Wildman–Crippen MR) is 83.5 cm³/mol. The van der Waals surface area contributed by atoms with Crippen molar-refractivity contribution >= 4 is 6.09 Å². The van der Waals surface area contributed by atoms with E-state index in [1.807, 2.05) is 31.2 Å². The molecule has 0 unspecified atom stereocenters. The summed E-state index contributed by atoms with van der Waals surface area (Å²) in [5.74, 6) is 1.50. The van der Waals surface area contributed by atoms with Gasteiger partial charge in [-0.15, -0.1) is 0 Å². The van der Waals surface area contributed by atoms with Gasteiger partial charge in [0.2, 0.25) is 0 Å². The number of piperazine rings is 1. The molecular formula is C16H24N2O4.